The van der Waals surface area contributed by atoms with Gasteiger partial charge in [-0.25, -0.2) is 4.68 Å². The van der Waals surface area contributed by atoms with Crippen LogP contribution in [0.25, 0.3) is 0 Å². The molecular weight excluding hydrogens is 380 g/mol. The summed E-state index contributed by atoms with van der Waals surface area (Å²) in [5.74, 6) is -0.0679. The summed E-state index contributed by atoms with van der Waals surface area (Å²) in [6.07, 6.45) is 3.05. The average Bonchev–Trinajstić information content (AvgIpc) is 3.24. The van der Waals surface area contributed by atoms with E-state index < -0.39 is 5.60 Å². The van der Waals surface area contributed by atoms with Gasteiger partial charge in [-0.05, 0) is 24.9 Å². The van der Waals surface area contributed by atoms with Crippen molar-refractivity contribution in [2.24, 2.45) is 0 Å². The van der Waals surface area contributed by atoms with E-state index in [-0.39, 0.29) is 5.91 Å². The number of rotatable bonds is 6. The minimum absolute atomic E-state index is 0.0679. The summed E-state index contributed by atoms with van der Waals surface area (Å²) in [5, 5.41) is 19.3. The van der Waals surface area contributed by atoms with Gasteiger partial charge in [-0.1, -0.05) is 42.5 Å². The monoisotopic (exact) mass is 412 g/mol. The smallest absolute Gasteiger partial charge is 0.276 e. The van der Waals surface area contributed by atoms with Crippen molar-refractivity contribution in [3.63, 3.8) is 0 Å². The highest BCUT2D eigenvalue weighted by Gasteiger charge is 2.33. The number of hydrogen-bond acceptors (Lipinski definition) is 6. The van der Waals surface area contributed by atoms with E-state index in [1.165, 1.54) is 5.56 Å². The van der Waals surface area contributed by atoms with E-state index in [2.05, 4.69) is 51.3 Å². The van der Waals surface area contributed by atoms with E-state index >= 15 is 0 Å². The number of carbonyl (C=O) groups is 1. The fourth-order valence-corrected chi connectivity index (χ4v) is 4.33. The molecule has 2 fully saturated rings. The predicted molar refractivity (Wildman–Crippen MR) is 114 cm³/mol. The first-order chi connectivity index (χ1) is 14.5. The second kappa shape index (κ2) is 9.24. The van der Waals surface area contributed by atoms with Crippen LogP contribution in [0.4, 0.5) is 0 Å². The maximum atomic E-state index is 12.7. The number of nitrogens with zero attached hydrogens (tertiary/aromatic N) is 6. The van der Waals surface area contributed by atoms with E-state index in [0.29, 0.717) is 25.1 Å². The zero-order valence-corrected chi connectivity index (χ0v) is 17.8. The van der Waals surface area contributed by atoms with Crippen LogP contribution in [-0.2, 0) is 13.1 Å². The van der Waals surface area contributed by atoms with Crippen LogP contribution in [0.15, 0.2) is 36.5 Å². The number of piperidine rings is 1. The summed E-state index contributed by atoms with van der Waals surface area (Å²) in [6, 6.07) is 10.4. The lowest BCUT2D eigenvalue weighted by atomic mass is 9.91. The van der Waals surface area contributed by atoms with Gasteiger partial charge in [-0.15, -0.1) is 5.10 Å². The topological polar surface area (TPSA) is 77.7 Å². The molecule has 0 spiro atoms. The third kappa shape index (κ3) is 5.06. The van der Waals surface area contributed by atoms with Crippen LogP contribution in [-0.4, -0.2) is 92.1 Å². The molecule has 0 atom stereocenters. The van der Waals surface area contributed by atoms with Gasteiger partial charge in [0.15, 0.2) is 5.69 Å². The zero-order valence-electron chi connectivity index (χ0n) is 17.8. The standard InChI is InChI=1S/C22H32N6O2/c1-2-25-12-14-27(15-13-25)21(29)20-17-28(24-23-20)18-22(30)8-10-26(11-9-22)16-19-6-4-3-5-7-19/h3-7,17,30H,2,8-16,18H2,1H3. The SMILES string of the molecule is CCN1CCN(C(=O)c2cn(CC3(O)CCN(Cc4ccccc4)CC3)nn2)CC1. The van der Waals surface area contributed by atoms with E-state index in [1.54, 1.807) is 10.9 Å². The molecule has 2 saturated heterocycles. The van der Waals surface area contributed by atoms with Crippen LogP contribution in [0.2, 0.25) is 0 Å². The zero-order chi connectivity index (χ0) is 21.0. The van der Waals surface area contributed by atoms with Crippen LogP contribution < -0.4 is 0 Å². The van der Waals surface area contributed by atoms with E-state index in [0.717, 1.165) is 52.4 Å². The van der Waals surface area contributed by atoms with Crippen molar-refractivity contribution in [2.75, 3.05) is 45.8 Å². The van der Waals surface area contributed by atoms with Gasteiger partial charge in [0.05, 0.1) is 18.3 Å². The van der Waals surface area contributed by atoms with Gasteiger partial charge in [0.2, 0.25) is 0 Å². The van der Waals surface area contributed by atoms with Gasteiger partial charge in [0, 0.05) is 45.8 Å². The van der Waals surface area contributed by atoms with Crippen molar-refractivity contribution in [1.82, 2.24) is 29.7 Å². The molecule has 0 radical (unpaired) electrons. The number of aromatic nitrogens is 3. The molecule has 3 heterocycles. The lowest BCUT2D eigenvalue weighted by Gasteiger charge is -2.38. The highest BCUT2D eigenvalue weighted by Crippen LogP contribution is 2.25. The number of benzene rings is 1. The van der Waals surface area contributed by atoms with Crippen molar-refractivity contribution >= 4 is 5.91 Å². The Balaban J connectivity index is 1.29. The number of carbonyl (C=O) groups excluding carboxylic acids is 1. The van der Waals surface area contributed by atoms with Gasteiger partial charge in [0.25, 0.3) is 5.91 Å². The molecular formula is C22H32N6O2. The molecule has 1 N–H and O–H groups in total. The number of likely N-dealkylation sites (N-methyl/N-ethyl adjacent to an activating group) is 1. The summed E-state index contributed by atoms with van der Waals surface area (Å²) in [4.78, 5) is 19.3. The Morgan fingerprint density at radius 1 is 1.03 bits per heavy atom. The highest BCUT2D eigenvalue weighted by molar-refractivity contribution is 5.92. The Hall–Kier alpha value is -2.29. The first-order valence-electron chi connectivity index (χ1n) is 10.9. The summed E-state index contributed by atoms with van der Waals surface area (Å²) in [6.45, 7) is 9.35. The van der Waals surface area contributed by atoms with Crippen molar-refractivity contribution in [1.29, 1.82) is 0 Å². The minimum atomic E-state index is -0.812. The summed E-state index contributed by atoms with van der Waals surface area (Å²) in [7, 11) is 0. The Kier molecular flexibility index (Phi) is 6.46. The van der Waals surface area contributed by atoms with Crippen LogP contribution in [0.1, 0.15) is 35.8 Å². The average molecular weight is 413 g/mol. The summed E-state index contributed by atoms with van der Waals surface area (Å²) >= 11 is 0. The Morgan fingerprint density at radius 2 is 1.73 bits per heavy atom. The molecule has 8 nitrogen and oxygen atoms in total. The second-order valence-electron chi connectivity index (χ2n) is 8.51. The molecule has 1 aromatic carbocycles. The van der Waals surface area contributed by atoms with Crippen molar-refractivity contribution in [2.45, 2.75) is 38.5 Å². The quantitative estimate of drug-likeness (QED) is 0.765. The lowest BCUT2D eigenvalue weighted by Crippen LogP contribution is -2.48. The van der Waals surface area contributed by atoms with E-state index in [9.17, 15) is 9.90 Å². The molecule has 30 heavy (non-hydrogen) atoms. The molecule has 0 unspecified atom stereocenters. The van der Waals surface area contributed by atoms with E-state index in [1.807, 2.05) is 11.0 Å². The molecule has 2 aliphatic heterocycles. The molecule has 0 aliphatic carbocycles. The normalized spacial score (nSPS) is 20.4. The fraction of sp³-hybridized carbons (Fsp3) is 0.591. The molecule has 8 heteroatoms. The van der Waals surface area contributed by atoms with Crippen molar-refractivity contribution in [3.05, 3.63) is 47.8 Å². The predicted octanol–water partition coefficient (Wildman–Crippen LogP) is 1.08. The third-order valence-corrected chi connectivity index (χ3v) is 6.36. The minimum Gasteiger partial charge on any atom is -0.388 e. The first kappa shape index (κ1) is 21.0. The maximum absolute atomic E-state index is 12.7. The molecule has 162 valence electrons. The number of hydrogen-bond donors (Lipinski definition) is 1. The summed E-state index contributed by atoms with van der Waals surface area (Å²) in [5.41, 5.74) is 0.848. The number of amides is 1. The Morgan fingerprint density at radius 3 is 2.40 bits per heavy atom. The van der Waals surface area contributed by atoms with Gasteiger partial charge in [0.1, 0.15) is 0 Å². The van der Waals surface area contributed by atoms with Crippen LogP contribution >= 0.6 is 0 Å². The van der Waals surface area contributed by atoms with Crippen LogP contribution in [0.5, 0.6) is 0 Å². The Bertz CT molecular complexity index is 823. The number of likely N-dealkylation sites (tertiary alicyclic amines) is 1. The lowest BCUT2D eigenvalue weighted by molar-refractivity contribution is -0.0383. The Labute approximate surface area is 178 Å². The number of piperazine rings is 1. The van der Waals surface area contributed by atoms with Crippen LogP contribution in [0, 0.1) is 0 Å². The summed E-state index contributed by atoms with van der Waals surface area (Å²) < 4.78 is 1.63. The molecule has 2 aromatic rings. The third-order valence-electron chi connectivity index (χ3n) is 6.36. The molecule has 1 amide bonds. The molecule has 4 rings (SSSR count). The molecule has 2 aliphatic rings. The molecule has 1 aromatic heterocycles. The van der Waals surface area contributed by atoms with E-state index in [4.69, 9.17) is 0 Å². The van der Waals surface area contributed by atoms with Crippen LogP contribution in [0.3, 0.4) is 0 Å². The van der Waals surface area contributed by atoms with Gasteiger partial charge in [-0.2, -0.15) is 0 Å². The second-order valence-corrected chi connectivity index (χ2v) is 8.51. The first-order valence-corrected chi connectivity index (χ1v) is 10.9. The highest BCUT2D eigenvalue weighted by atomic mass is 16.3. The van der Waals surface area contributed by atoms with Gasteiger partial charge >= 0.3 is 0 Å². The molecule has 0 bridgehead atoms. The maximum Gasteiger partial charge on any atom is 0.276 e. The largest absolute Gasteiger partial charge is 0.388 e. The fourth-order valence-electron chi connectivity index (χ4n) is 4.33. The van der Waals surface area contributed by atoms with Gasteiger partial charge < -0.3 is 14.9 Å². The van der Waals surface area contributed by atoms with Crippen molar-refractivity contribution < 1.29 is 9.90 Å². The molecule has 0 saturated carbocycles. The van der Waals surface area contributed by atoms with Gasteiger partial charge in [-0.3, -0.25) is 9.69 Å². The number of aliphatic hydroxyl groups is 1. The van der Waals surface area contributed by atoms with Crippen molar-refractivity contribution in [3.8, 4) is 0 Å².